The van der Waals surface area contributed by atoms with Gasteiger partial charge in [-0.2, -0.15) is 0 Å². The molecule has 3 N–H and O–H groups in total. The molecule has 0 bridgehead atoms. The molecule has 0 aromatic heterocycles. The van der Waals surface area contributed by atoms with Crippen LogP contribution in [0.2, 0.25) is 0 Å². The molecule has 392 valence electrons. The minimum absolute atomic E-state index is 0.0486. The Morgan fingerprint density at radius 1 is 0.456 bits per heavy atom. The molecule has 0 aromatic rings. The second-order valence-electron chi connectivity index (χ2n) is 18.1. The number of phosphoric acid groups is 1. The van der Waals surface area contributed by atoms with E-state index >= 15 is 0 Å². The minimum atomic E-state index is -4.39. The maximum absolute atomic E-state index is 12.7. The zero-order valence-electron chi connectivity index (χ0n) is 43.6. The molecule has 0 saturated heterocycles. The van der Waals surface area contributed by atoms with Gasteiger partial charge in [-0.05, 0) is 70.6 Å². The molecule has 0 aliphatic heterocycles. The van der Waals surface area contributed by atoms with E-state index < -0.39 is 26.5 Å². The van der Waals surface area contributed by atoms with Crippen LogP contribution >= 0.6 is 7.82 Å². The summed E-state index contributed by atoms with van der Waals surface area (Å²) in [6.07, 6.45) is 69.1. The smallest absolute Gasteiger partial charge is 0.462 e. The summed E-state index contributed by atoms with van der Waals surface area (Å²) >= 11 is 0. The van der Waals surface area contributed by atoms with Crippen molar-refractivity contribution in [3.05, 3.63) is 85.1 Å². The number of ether oxygens (including phenoxy) is 2. The molecular weight excluding hydrogens is 870 g/mol. The lowest BCUT2D eigenvalue weighted by Crippen LogP contribution is -2.29. The van der Waals surface area contributed by atoms with Gasteiger partial charge in [0.1, 0.15) is 6.61 Å². The Morgan fingerprint density at radius 3 is 1.21 bits per heavy atom. The van der Waals surface area contributed by atoms with E-state index in [1.807, 2.05) is 0 Å². The van der Waals surface area contributed by atoms with Gasteiger partial charge in [-0.15, -0.1) is 0 Å². The molecule has 0 fully saturated rings. The first kappa shape index (κ1) is 65.2. The number of hydrogen-bond donors (Lipinski definition) is 2. The highest BCUT2D eigenvalue weighted by molar-refractivity contribution is 7.47. The zero-order chi connectivity index (χ0) is 49.5. The average molecular weight is 972 g/mol. The average Bonchev–Trinajstić information content (AvgIpc) is 3.33. The summed E-state index contributed by atoms with van der Waals surface area (Å²) in [5, 5.41) is 0. The van der Waals surface area contributed by atoms with Crippen molar-refractivity contribution in [3.63, 3.8) is 0 Å². The van der Waals surface area contributed by atoms with E-state index in [2.05, 4.69) is 98.9 Å². The summed E-state index contributed by atoms with van der Waals surface area (Å²) in [4.78, 5) is 35.1. The molecular formula is C58H102NO8P. The first-order valence-corrected chi connectivity index (χ1v) is 29.1. The number of allylic oxidation sites excluding steroid dienone is 14. The van der Waals surface area contributed by atoms with Gasteiger partial charge < -0.3 is 20.1 Å². The normalized spacial score (nSPS) is 13.8. The van der Waals surface area contributed by atoms with E-state index in [9.17, 15) is 19.0 Å². The molecule has 0 rings (SSSR count). The summed E-state index contributed by atoms with van der Waals surface area (Å²) in [6, 6.07) is 0. The SMILES string of the molecule is CC/C=C\C/C=C\C/C=C\C/C=C\C/C=C\C/C=C\C/C=C\CCCCCCCCCC(=O)OC(COC(=O)CCCCCCCCCCCCCCCCCCCC)COP(=O)(O)OCCN. The molecule has 2 unspecified atom stereocenters. The first-order chi connectivity index (χ1) is 33.3. The molecule has 0 aromatic carbocycles. The maximum Gasteiger partial charge on any atom is 0.472 e. The van der Waals surface area contributed by atoms with Crippen molar-refractivity contribution >= 4 is 19.8 Å². The predicted molar refractivity (Wildman–Crippen MR) is 289 cm³/mol. The molecule has 0 amide bonds. The zero-order valence-corrected chi connectivity index (χ0v) is 44.5. The summed E-state index contributed by atoms with van der Waals surface area (Å²) < 4.78 is 33.0. The van der Waals surface area contributed by atoms with E-state index in [4.69, 9.17) is 24.3 Å². The van der Waals surface area contributed by atoms with E-state index in [0.29, 0.717) is 6.42 Å². The molecule has 0 saturated carbocycles. The number of nitrogens with two attached hydrogens (primary N) is 1. The van der Waals surface area contributed by atoms with Gasteiger partial charge in [-0.25, -0.2) is 4.57 Å². The number of esters is 2. The van der Waals surface area contributed by atoms with Crippen molar-refractivity contribution in [2.75, 3.05) is 26.4 Å². The number of carbonyl (C=O) groups excluding carboxylic acids is 2. The van der Waals surface area contributed by atoms with Gasteiger partial charge in [0, 0.05) is 19.4 Å². The summed E-state index contributed by atoms with van der Waals surface area (Å²) in [6.45, 7) is 3.63. The number of phosphoric ester groups is 1. The van der Waals surface area contributed by atoms with Crippen LogP contribution in [0.4, 0.5) is 0 Å². The van der Waals surface area contributed by atoms with Crippen LogP contribution in [0.5, 0.6) is 0 Å². The fourth-order valence-corrected chi connectivity index (χ4v) is 8.26. The van der Waals surface area contributed by atoms with Gasteiger partial charge in [-0.3, -0.25) is 18.6 Å². The van der Waals surface area contributed by atoms with Gasteiger partial charge in [-0.1, -0.05) is 240 Å². The molecule has 2 atom stereocenters. The molecule has 0 aliphatic carbocycles. The van der Waals surface area contributed by atoms with Gasteiger partial charge in [0.25, 0.3) is 0 Å². The summed E-state index contributed by atoms with van der Waals surface area (Å²) in [5.74, 6) is -0.837. The van der Waals surface area contributed by atoms with Crippen LogP contribution in [0.1, 0.15) is 239 Å². The molecule has 10 heteroatoms. The fraction of sp³-hybridized carbons (Fsp3) is 0.724. The Kier molecular flexibility index (Phi) is 51.3. The van der Waals surface area contributed by atoms with Crippen LogP contribution in [0, 0.1) is 0 Å². The third kappa shape index (κ3) is 52.6. The molecule has 0 heterocycles. The summed E-state index contributed by atoms with van der Waals surface area (Å²) in [5.41, 5.74) is 5.37. The van der Waals surface area contributed by atoms with Gasteiger partial charge in [0.15, 0.2) is 6.10 Å². The number of carbonyl (C=O) groups is 2. The first-order valence-electron chi connectivity index (χ1n) is 27.6. The van der Waals surface area contributed by atoms with Crippen molar-refractivity contribution in [1.29, 1.82) is 0 Å². The van der Waals surface area contributed by atoms with E-state index in [1.54, 1.807) is 0 Å². The van der Waals surface area contributed by atoms with Crippen molar-refractivity contribution < 1.29 is 37.6 Å². The molecule has 0 spiro atoms. The Hall–Kier alpha value is -2.81. The highest BCUT2D eigenvalue weighted by atomic mass is 31.2. The van der Waals surface area contributed by atoms with Crippen molar-refractivity contribution in [3.8, 4) is 0 Å². The Morgan fingerprint density at radius 2 is 0.809 bits per heavy atom. The van der Waals surface area contributed by atoms with Crippen LogP contribution in [-0.4, -0.2) is 49.3 Å². The number of unbranched alkanes of at least 4 members (excludes halogenated alkanes) is 24. The molecule has 0 radical (unpaired) electrons. The monoisotopic (exact) mass is 972 g/mol. The molecule has 9 nitrogen and oxygen atoms in total. The summed E-state index contributed by atoms with van der Waals surface area (Å²) in [7, 11) is -4.39. The lowest BCUT2D eigenvalue weighted by Gasteiger charge is -2.19. The van der Waals surface area contributed by atoms with E-state index in [0.717, 1.165) is 89.9 Å². The number of rotatable bonds is 51. The lowest BCUT2D eigenvalue weighted by molar-refractivity contribution is -0.161. The van der Waals surface area contributed by atoms with Crippen LogP contribution in [0.3, 0.4) is 0 Å². The van der Waals surface area contributed by atoms with Crippen LogP contribution in [0.15, 0.2) is 85.1 Å². The highest BCUT2D eigenvalue weighted by Gasteiger charge is 2.26. The Bertz CT molecular complexity index is 1390. The van der Waals surface area contributed by atoms with Crippen LogP contribution < -0.4 is 5.73 Å². The Labute approximate surface area is 417 Å². The maximum atomic E-state index is 12.7. The third-order valence-corrected chi connectivity index (χ3v) is 12.5. The lowest BCUT2D eigenvalue weighted by atomic mass is 10.0. The van der Waals surface area contributed by atoms with Crippen LogP contribution in [0.25, 0.3) is 0 Å². The van der Waals surface area contributed by atoms with Gasteiger partial charge >= 0.3 is 19.8 Å². The Balaban J connectivity index is 4.05. The van der Waals surface area contributed by atoms with Gasteiger partial charge in [0.2, 0.25) is 0 Å². The largest absolute Gasteiger partial charge is 0.472 e. The fourth-order valence-electron chi connectivity index (χ4n) is 7.50. The highest BCUT2D eigenvalue weighted by Crippen LogP contribution is 2.43. The van der Waals surface area contributed by atoms with Crippen LogP contribution in [-0.2, 0) is 32.7 Å². The topological polar surface area (TPSA) is 134 Å². The van der Waals surface area contributed by atoms with Crippen molar-refractivity contribution in [2.45, 2.75) is 245 Å². The second-order valence-corrected chi connectivity index (χ2v) is 19.5. The minimum Gasteiger partial charge on any atom is -0.462 e. The standard InChI is InChI=1S/C58H102NO8P/c1-3-5-7-9-11-13-15-17-19-21-23-24-25-26-27-28-29-30-31-32-33-35-37-39-41-43-45-47-49-51-58(61)67-56(55-66-68(62,63)65-53-52-59)54-64-57(60)50-48-46-44-42-40-38-36-34-22-20-18-16-14-12-10-8-6-4-2/h5,7,11,13,17,19,23-24,26-27,29-30,32-33,56H,3-4,6,8-10,12,14-16,18,20-22,25,28,31,34-55,59H2,1-2H3,(H,62,63)/b7-5-,13-11-,19-17-,24-23-,27-26-,30-29-,33-32-. The third-order valence-electron chi connectivity index (χ3n) is 11.5. The number of hydrogen-bond acceptors (Lipinski definition) is 8. The van der Waals surface area contributed by atoms with Crippen molar-refractivity contribution in [1.82, 2.24) is 0 Å². The van der Waals surface area contributed by atoms with E-state index in [-0.39, 0.29) is 38.6 Å². The second kappa shape index (κ2) is 53.5. The van der Waals surface area contributed by atoms with Gasteiger partial charge in [0.05, 0.1) is 13.2 Å². The van der Waals surface area contributed by atoms with Crippen molar-refractivity contribution in [2.24, 2.45) is 5.73 Å². The molecule has 0 aliphatic rings. The quantitative estimate of drug-likeness (QED) is 0.0264. The van der Waals surface area contributed by atoms with E-state index in [1.165, 1.54) is 116 Å². The molecule has 68 heavy (non-hydrogen) atoms. The predicted octanol–water partition coefficient (Wildman–Crippen LogP) is 17.1.